The lowest BCUT2D eigenvalue weighted by molar-refractivity contribution is -0.177. The first-order valence-electron chi connectivity index (χ1n) is 9.76. The molecular weight excluding hydrogens is 529 g/mol. The average Bonchev–Trinajstić information content (AvgIpc) is 2.74. The molecule has 192 valence electrons. The second kappa shape index (κ2) is 11.7. The van der Waals surface area contributed by atoms with Gasteiger partial charge in [0.25, 0.3) is 6.43 Å². The SMILES string of the molecule is CCN(NC(=O)C(F)(F)F)C(=O)NC(C)c1ncc(-c2cc(Cl)cc(Cl)c2OCC(F)F)cc1F. The number of hydrogen-bond donors (Lipinski definition) is 2. The molecular formula is C20H18Cl2F6N4O3. The molecule has 1 atom stereocenters. The van der Waals surface area contributed by atoms with Gasteiger partial charge in [0.05, 0.1) is 16.8 Å². The summed E-state index contributed by atoms with van der Waals surface area (Å²) in [4.78, 5) is 27.2. The number of urea groups is 1. The van der Waals surface area contributed by atoms with Crippen molar-refractivity contribution in [1.82, 2.24) is 20.7 Å². The summed E-state index contributed by atoms with van der Waals surface area (Å²) in [5.74, 6) is -3.49. The Morgan fingerprint density at radius 3 is 2.40 bits per heavy atom. The van der Waals surface area contributed by atoms with E-state index >= 15 is 0 Å². The van der Waals surface area contributed by atoms with Crippen molar-refractivity contribution < 1.29 is 40.7 Å². The van der Waals surface area contributed by atoms with E-state index in [-0.39, 0.29) is 39.2 Å². The van der Waals surface area contributed by atoms with Gasteiger partial charge in [0.15, 0.2) is 0 Å². The summed E-state index contributed by atoms with van der Waals surface area (Å²) in [6, 6.07) is 1.22. The molecule has 1 aromatic heterocycles. The van der Waals surface area contributed by atoms with Crippen molar-refractivity contribution in [3.63, 3.8) is 0 Å². The van der Waals surface area contributed by atoms with Crippen LogP contribution < -0.4 is 15.5 Å². The molecule has 1 heterocycles. The van der Waals surface area contributed by atoms with Crippen LogP contribution in [0.1, 0.15) is 25.6 Å². The lowest BCUT2D eigenvalue weighted by Crippen LogP contribution is -2.54. The van der Waals surface area contributed by atoms with Crippen LogP contribution in [0.4, 0.5) is 31.1 Å². The molecule has 0 bridgehead atoms. The Hall–Kier alpha value is -2.93. The number of nitrogens with one attached hydrogen (secondary N) is 2. The lowest BCUT2D eigenvalue weighted by atomic mass is 10.0. The number of pyridine rings is 1. The number of rotatable bonds is 7. The fraction of sp³-hybridized carbons (Fsp3) is 0.350. The number of aromatic nitrogens is 1. The van der Waals surface area contributed by atoms with E-state index in [4.69, 9.17) is 27.9 Å². The van der Waals surface area contributed by atoms with E-state index in [1.165, 1.54) is 31.4 Å². The molecule has 3 amide bonds. The Balaban J connectivity index is 2.26. The molecule has 2 aromatic rings. The molecule has 0 aliphatic heterocycles. The maximum atomic E-state index is 14.9. The first kappa shape index (κ1) is 28.3. The maximum absolute atomic E-state index is 14.9. The zero-order valence-corrected chi connectivity index (χ0v) is 19.5. The van der Waals surface area contributed by atoms with Gasteiger partial charge in [0.2, 0.25) is 0 Å². The van der Waals surface area contributed by atoms with Crippen molar-refractivity contribution in [3.05, 3.63) is 46.0 Å². The molecule has 2 N–H and O–H groups in total. The molecule has 35 heavy (non-hydrogen) atoms. The van der Waals surface area contributed by atoms with E-state index in [1.54, 1.807) is 0 Å². The molecule has 7 nitrogen and oxygen atoms in total. The Morgan fingerprint density at radius 1 is 1.20 bits per heavy atom. The van der Waals surface area contributed by atoms with E-state index in [1.807, 2.05) is 0 Å². The highest BCUT2D eigenvalue weighted by molar-refractivity contribution is 6.36. The maximum Gasteiger partial charge on any atom is 0.472 e. The highest BCUT2D eigenvalue weighted by Crippen LogP contribution is 2.39. The van der Waals surface area contributed by atoms with Gasteiger partial charge in [0.1, 0.15) is 18.2 Å². The third kappa shape index (κ3) is 7.52. The van der Waals surface area contributed by atoms with E-state index in [0.717, 1.165) is 12.3 Å². The van der Waals surface area contributed by atoms with Gasteiger partial charge in [-0.2, -0.15) is 13.2 Å². The average molecular weight is 547 g/mol. The van der Waals surface area contributed by atoms with Gasteiger partial charge in [-0.3, -0.25) is 15.2 Å². The standard InChI is InChI=1S/C20H18Cl2F6N4O3/c1-3-32(31-18(33)20(26,27)28)19(34)30-9(2)16-14(23)4-10(7-29-16)12-5-11(21)6-13(22)17(12)35-8-15(24)25/h4-7,9,15H,3,8H2,1-2H3,(H,30,34)(H,31,33). The summed E-state index contributed by atoms with van der Waals surface area (Å²) in [6.07, 6.45) is -6.88. The number of amides is 3. The number of hydrogen-bond acceptors (Lipinski definition) is 4. The van der Waals surface area contributed by atoms with Crippen molar-refractivity contribution in [2.75, 3.05) is 13.2 Å². The minimum Gasteiger partial charge on any atom is -0.485 e. The van der Waals surface area contributed by atoms with Crippen molar-refractivity contribution in [1.29, 1.82) is 0 Å². The van der Waals surface area contributed by atoms with Crippen molar-refractivity contribution in [3.8, 4) is 16.9 Å². The molecule has 0 saturated carbocycles. The minimum absolute atomic E-state index is 0.0612. The van der Waals surface area contributed by atoms with E-state index < -0.39 is 43.0 Å². The summed E-state index contributed by atoms with van der Waals surface area (Å²) in [5.41, 5.74) is 1.23. The Labute approximate surface area is 205 Å². The van der Waals surface area contributed by atoms with Crippen molar-refractivity contribution >= 4 is 35.1 Å². The molecule has 0 aliphatic carbocycles. The largest absolute Gasteiger partial charge is 0.485 e. The number of halogens is 8. The summed E-state index contributed by atoms with van der Waals surface area (Å²) in [7, 11) is 0. The second-order valence-corrected chi connectivity index (χ2v) is 7.76. The highest BCUT2D eigenvalue weighted by atomic mass is 35.5. The van der Waals surface area contributed by atoms with Gasteiger partial charge < -0.3 is 10.1 Å². The smallest absolute Gasteiger partial charge is 0.472 e. The molecule has 0 saturated heterocycles. The van der Waals surface area contributed by atoms with E-state index in [2.05, 4.69) is 10.3 Å². The quantitative estimate of drug-likeness (QED) is 0.353. The number of benzene rings is 1. The normalized spacial score (nSPS) is 12.3. The summed E-state index contributed by atoms with van der Waals surface area (Å²) in [6.45, 7) is 1.30. The topological polar surface area (TPSA) is 83.6 Å². The molecule has 1 aromatic carbocycles. The van der Waals surface area contributed by atoms with Gasteiger partial charge in [-0.1, -0.05) is 23.2 Å². The molecule has 0 fully saturated rings. The zero-order chi connectivity index (χ0) is 26.5. The van der Waals surface area contributed by atoms with Gasteiger partial charge in [-0.25, -0.2) is 23.0 Å². The van der Waals surface area contributed by atoms with Crippen LogP contribution in [-0.2, 0) is 4.79 Å². The number of carbonyl (C=O) groups is 2. The van der Waals surface area contributed by atoms with Crippen LogP contribution in [0.25, 0.3) is 11.1 Å². The Bertz CT molecular complexity index is 1090. The van der Waals surface area contributed by atoms with Crippen LogP contribution in [-0.4, -0.2) is 47.7 Å². The molecule has 15 heteroatoms. The fourth-order valence-electron chi connectivity index (χ4n) is 2.77. The van der Waals surface area contributed by atoms with Gasteiger partial charge in [-0.15, -0.1) is 0 Å². The Morgan fingerprint density at radius 2 is 1.86 bits per heavy atom. The summed E-state index contributed by atoms with van der Waals surface area (Å²) in [5, 5.41) is 2.59. The molecule has 0 radical (unpaired) electrons. The summed E-state index contributed by atoms with van der Waals surface area (Å²) < 4.78 is 82.4. The lowest BCUT2D eigenvalue weighted by Gasteiger charge is -2.24. The van der Waals surface area contributed by atoms with E-state index in [0.29, 0.717) is 5.01 Å². The predicted octanol–water partition coefficient (Wildman–Crippen LogP) is 5.52. The van der Waals surface area contributed by atoms with Crippen LogP contribution in [0, 0.1) is 5.82 Å². The van der Waals surface area contributed by atoms with Crippen LogP contribution >= 0.6 is 23.2 Å². The molecule has 0 aliphatic rings. The first-order valence-corrected chi connectivity index (χ1v) is 10.5. The first-order chi connectivity index (χ1) is 16.2. The second-order valence-electron chi connectivity index (χ2n) is 6.91. The number of ether oxygens (including phenoxy) is 1. The third-order valence-corrected chi connectivity index (χ3v) is 4.85. The van der Waals surface area contributed by atoms with Gasteiger partial charge in [0, 0.05) is 28.9 Å². The molecule has 0 spiro atoms. The van der Waals surface area contributed by atoms with Crippen molar-refractivity contribution in [2.24, 2.45) is 0 Å². The number of alkyl halides is 5. The number of hydrazine groups is 1. The zero-order valence-electron chi connectivity index (χ0n) is 18.0. The molecule has 1 unspecified atom stereocenters. The predicted molar refractivity (Wildman–Crippen MR) is 115 cm³/mol. The summed E-state index contributed by atoms with van der Waals surface area (Å²) >= 11 is 12.0. The highest BCUT2D eigenvalue weighted by Gasteiger charge is 2.40. The Kier molecular flexibility index (Phi) is 9.44. The number of nitrogens with zero attached hydrogens (tertiary/aromatic N) is 2. The fourth-order valence-corrected chi connectivity index (χ4v) is 3.32. The van der Waals surface area contributed by atoms with Crippen LogP contribution in [0.2, 0.25) is 10.0 Å². The van der Waals surface area contributed by atoms with Crippen molar-refractivity contribution in [2.45, 2.75) is 32.5 Å². The minimum atomic E-state index is -5.22. The third-order valence-electron chi connectivity index (χ3n) is 4.35. The van der Waals surface area contributed by atoms with Gasteiger partial charge in [-0.05, 0) is 32.0 Å². The number of carbonyl (C=O) groups excluding carboxylic acids is 2. The monoisotopic (exact) mass is 546 g/mol. The van der Waals surface area contributed by atoms with Crippen LogP contribution in [0.5, 0.6) is 5.75 Å². The van der Waals surface area contributed by atoms with Crippen LogP contribution in [0.3, 0.4) is 0 Å². The van der Waals surface area contributed by atoms with Gasteiger partial charge >= 0.3 is 18.1 Å². The van der Waals surface area contributed by atoms with Crippen LogP contribution in [0.15, 0.2) is 24.4 Å². The molecule has 2 rings (SSSR count). The van der Waals surface area contributed by atoms with E-state index in [9.17, 15) is 35.9 Å².